The quantitative estimate of drug-likeness (QED) is 0.821. The van der Waals surface area contributed by atoms with Crippen LogP contribution in [-0.4, -0.2) is 35.6 Å². The minimum Gasteiger partial charge on any atom is -0.486 e. The van der Waals surface area contributed by atoms with Crippen LogP contribution in [0.1, 0.15) is 20.8 Å². The predicted octanol–water partition coefficient (Wildman–Crippen LogP) is 1.25. The van der Waals surface area contributed by atoms with Gasteiger partial charge < -0.3 is 14.8 Å². The van der Waals surface area contributed by atoms with Gasteiger partial charge in [0.1, 0.15) is 18.9 Å². The third-order valence-electron chi connectivity index (χ3n) is 2.85. The number of H-pyrrole nitrogens is 1. The Bertz CT molecular complexity index is 665. The highest BCUT2D eigenvalue weighted by atomic mass is 16.6. The van der Waals surface area contributed by atoms with Crippen LogP contribution in [0.15, 0.2) is 24.4 Å². The van der Waals surface area contributed by atoms with Crippen LogP contribution in [0.4, 0.5) is 5.69 Å². The summed E-state index contributed by atoms with van der Waals surface area (Å²) in [5.41, 5.74) is 0.875. The van der Waals surface area contributed by atoms with E-state index in [4.69, 9.17) is 9.47 Å². The molecule has 3 rings (SSSR count). The van der Waals surface area contributed by atoms with E-state index >= 15 is 0 Å². The monoisotopic (exact) mass is 273 g/mol. The van der Waals surface area contributed by atoms with Crippen molar-refractivity contribution in [1.29, 1.82) is 0 Å². The van der Waals surface area contributed by atoms with Gasteiger partial charge in [0.25, 0.3) is 5.91 Å². The van der Waals surface area contributed by atoms with Gasteiger partial charge in [0.05, 0.1) is 17.4 Å². The van der Waals surface area contributed by atoms with Crippen LogP contribution in [0.2, 0.25) is 0 Å². The number of carbonyl (C=O) groups excluding carboxylic acids is 2. The largest absolute Gasteiger partial charge is 0.486 e. The van der Waals surface area contributed by atoms with Crippen molar-refractivity contribution in [2.75, 3.05) is 18.5 Å². The van der Waals surface area contributed by atoms with E-state index in [1.165, 1.54) is 6.20 Å². The number of nitrogens with one attached hydrogen (secondary N) is 2. The number of aldehydes is 1. The van der Waals surface area contributed by atoms with Crippen molar-refractivity contribution in [2.45, 2.75) is 0 Å². The molecule has 1 aliphatic heterocycles. The summed E-state index contributed by atoms with van der Waals surface area (Å²) < 4.78 is 10.9. The fourth-order valence-corrected chi connectivity index (χ4v) is 1.93. The van der Waals surface area contributed by atoms with Crippen LogP contribution >= 0.6 is 0 Å². The Labute approximate surface area is 113 Å². The first-order valence-electron chi connectivity index (χ1n) is 5.98. The summed E-state index contributed by atoms with van der Waals surface area (Å²) in [6, 6.07) is 5.07. The lowest BCUT2D eigenvalue weighted by atomic mass is 10.1. The van der Waals surface area contributed by atoms with Gasteiger partial charge in [-0.15, -0.1) is 0 Å². The summed E-state index contributed by atoms with van der Waals surface area (Å²) in [5, 5.41) is 8.79. The molecule has 0 bridgehead atoms. The maximum Gasteiger partial charge on any atom is 0.259 e. The Kier molecular flexibility index (Phi) is 3.08. The topological polar surface area (TPSA) is 93.3 Å². The molecule has 1 amide bonds. The van der Waals surface area contributed by atoms with E-state index in [0.29, 0.717) is 42.2 Å². The van der Waals surface area contributed by atoms with Crippen molar-refractivity contribution >= 4 is 17.9 Å². The molecule has 0 aliphatic carbocycles. The summed E-state index contributed by atoms with van der Waals surface area (Å²) in [6.45, 7) is 0.845. The van der Waals surface area contributed by atoms with Crippen LogP contribution < -0.4 is 14.8 Å². The maximum absolute atomic E-state index is 12.2. The molecule has 20 heavy (non-hydrogen) atoms. The van der Waals surface area contributed by atoms with Gasteiger partial charge in [-0.05, 0) is 12.1 Å². The lowest BCUT2D eigenvalue weighted by Crippen LogP contribution is -2.20. The Morgan fingerprint density at radius 1 is 1.35 bits per heavy atom. The van der Waals surface area contributed by atoms with Gasteiger partial charge in [-0.1, -0.05) is 6.07 Å². The van der Waals surface area contributed by atoms with Crippen molar-refractivity contribution < 1.29 is 19.1 Å². The van der Waals surface area contributed by atoms with Crippen LogP contribution in [-0.2, 0) is 0 Å². The molecule has 2 N–H and O–H groups in total. The van der Waals surface area contributed by atoms with Crippen LogP contribution in [0.25, 0.3) is 0 Å². The van der Waals surface area contributed by atoms with E-state index in [1.54, 1.807) is 18.2 Å². The number of carbonyl (C=O) groups is 2. The van der Waals surface area contributed by atoms with E-state index in [0.717, 1.165) is 0 Å². The Morgan fingerprint density at radius 2 is 2.20 bits per heavy atom. The average Bonchev–Trinajstić information content (AvgIpc) is 2.93. The number of hydrogen-bond donors (Lipinski definition) is 2. The van der Waals surface area contributed by atoms with E-state index in [-0.39, 0.29) is 5.69 Å². The summed E-state index contributed by atoms with van der Waals surface area (Å²) in [5.74, 6) is 0.552. The fraction of sp³-hybridized carbons (Fsp3) is 0.154. The number of benzene rings is 1. The highest BCUT2D eigenvalue weighted by molar-refractivity contribution is 6.08. The summed E-state index contributed by atoms with van der Waals surface area (Å²) in [7, 11) is 0. The van der Waals surface area contributed by atoms with Gasteiger partial charge in [-0.25, -0.2) is 0 Å². The zero-order chi connectivity index (χ0) is 13.9. The zero-order valence-corrected chi connectivity index (χ0v) is 10.4. The molecule has 0 fully saturated rings. The molecule has 0 unspecified atom stereocenters. The number of rotatable bonds is 3. The first kappa shape index (κ1) is 12.2. The Balaban J connectivity index is 1.89. The molecule has 0 spiro atoms. The molecule has 0 saturated heterocycles. The number of aromatic amines is 1. The van der Waals surface area contributed by atoms with E-state index in [2.05, 4.69) is 15.5 Å². The van der Waals surface area contributed by atoms with Gasteiger partial charge in [0.15, 0.2) is 17.8 Å². The third kappa shape index (κ3) is 2.09. The van der Waals surface area contributed by atoms with Crippen LogP contribution in [0.3, 0.4) is 0 Å². The molecule has 1 aromatic heterocycles. The number of fused-ring (bicyclic) bond motifs is 1. The molecule has 2 heterocycles. The van der Waals surface area contributed by atoms with Crippen molar-refractivity contribution in [1.82, 2.24) is 10.2 Å². The summed E-state index contributed by atoms with van der Waals surface area (Å²) in [6.07, 6.45) is 1.96. The molecule has 0 saturated carbocycles. The first-order chi connectivity index (χ1) is 9.79. The van der Waals surface area contributed by atoms with Gasteiger partial charge in [-0.2, -0.15) is 5.10 Å². The summed E-state index contributed by atoms with van der Waals surface area (Å²) in [4.78, 5) is 23.0. The minimum absolute atomic E-state index is 0.209. The second-order valence-electron chi connectivity index (χ2n) is 4.10. The predicted molar refractivity (Wildman–Crippen MR) is 69.4 cm³/mol. The smallest absolute Gasteiger partial charge is 0.259 e. The Hall–Kier alpha value is -2.83. The highest BCUT2D eigenvalue weighted by Crippen LogP contribution is 2.33. The molecular formula is C13H11N3O4. The Morgan fingerprint density at radius 3 is 3.05 bits per heavy atom. The second-order valence-corrected chi connectivity index (χ2v) is 4.10. The van der Waals surface area contributed by atoms with Crippen molar-refractivity contribution in [3.8, 4) is 11.5 Å². The van der Waals surface area contributed by atoms with Gasteiger partial charge >= 0.3 is 0 Å². The molecule has 1 aliphatic rings. The van der Waals surface area contributed by atoms with Gasteiger partial charge in [0, 0.05) is 0 Å². The highest BCUT2D eigenvalue weighted by Gasteiger charge is 2.21. The molecule has 7 nitrogen and oxygen atoms in total. The standard InChI is InChI=1S/C13H11N3O4/c17-7-10-9(6-14-16-10)15-13(18)8-2-1-3-11-12(8)20-5-4-19-11/h1-3,6-7H,4-5H2,(H,14,16)(H,15,18). The molecule has 102 valence electrons. The number of hydrogen-bond acceptors (Lipinski definition) is 5. The SMILES string of the molecule is O=Cc1[nH]ncc1NC(=O)c1cccc2c1OCCO2. The average molecular weight is 273 g/mol. The third-order valence-corrected chi connectivity index (χ3v) is 2.85. The molecule has 7 heteroatoms. The number of ether oxygens (including phenoxy) is 2. The van der Waals surface area contributed by atoms with Crippen molar-refractivity contribution in [3.05, 3.63) is 35.7 Å². The number of aromatic nitrogens is 2. The van der Waals surface area contributed by atoms with E-state index in [9.17, 15) is 9.59 Å². The maximum atomic E-state index is 12.2. The number of anilines is 1. The molecule has 0 atom stereocenters. The lowest BCUT2D eigenvalue weighted by Gasteiger charge is -2.20. The van der Waals surface area contributed by atoms with E-state index < -0.39 is 5.91 Å². The van der Waals surface area contributed by atoms with E-state index in [1.807, 2.05) is 0 Å². The number of para-hydroxylation sites is 1. The second kappa shape index (κ2) is 5.04. The van der Waals surface area contributed by atoms with Gasteiger partial charge in [0.2, 0.25) is 0 Å². The lowest BCUT2D eigenvalue weighted by molar-refractivity contribution is 0.101. The normalized spacial score (nSPS) is 12.8. The van der Waals surface area contributed by atoms with Crippen molar-refractivity contribution in [3.63, 3.8) is 0 Å². The molecular weight excluding hydrogens is 262 g/mol. The van der Waals surface area contributed by atoms with Gasteiger partial charge in [-0.3, -0.25) is 14.7 Å². The molecule has 1 aromatic carbocycles. The molecule has 0 radical (unpaired) electrons. The zero-order valence-electron chi connectivity index (χ0n) is 10.4. The summed E-state index contributed by atoms with van der Waals surface area (Å²) >= 11 is 0. The van der Waals surface area contributed by atoms with Crippen molar-refractivity contribution in [2.24, 2.45) is 0 Å². The fourth-order valence-electron chi connectivity index (χ4n) is 1.93. The number of nitrogens with zero attached hydrogens (tertiary/aromatic N) is 1. The van der Waals surface area contributed by atoms with Crippen LogP contribution in [0.5, 0.6) is 11.5 Å². The number of amides is 1. The molecule has 2 aromatic rings. The minimum atomic E-state index is -0.392. The first-order valence-corrected chi connectivity index (χ1v) is 5.98. The van der Waals surface area contributed by atoms with Crippen LogP contribution in [0, 0.1) is 0 Å².